The van der Waals surface area contributed by atoms with Crippen molar-refractivity contribution in [1.82, 2.24) is 21.3 Å². The summed E-state index contributed by atoms with van der Waals surface area (Å²) in [5, 5.41) is 9.58. The molecular formula is C24H35F5N4O4. The van der Waals surface area contributed by atoms with Crippen LogP contribution < -0.4 is 21.3 Å². The van der Waals surface area contributed by atoms with Gasteiger partial charge in [0.25, 0.3) is 5.92 Å². The van der Waals surface area contributed by atoms with E-state index in [9.17, 15) is 41.1 Å². The van der Waals surface area contributed by atoms with E-state index in [1.165, 1.54) is 20.8 Å². The van der Waals surface area contributed by atoms with Crippen LogP contribution in [-0.2, 0) is 19.2 Å². The van der Waals surface area contributed by atoms with Crippen LogP contribution in [-0.4, -0.2) is 59.4 Å². The van der Waals surface area contributed by atoms with Gasteiger partial charge in [0.1, 0.15) is 12.1 Å². The van der Waals surface area contributed by atoms with Gasteiger partial charge in [-0.25, -0.2) is 8.78 Å². The quantitative estimate of drug-likeness (QED) is 0.338. The number of piperidine rings is 1. The van der Waals surface area contributed by atoms with Crippen LogP contribution >= 0.6 is 0 Å². The van der Waals surface area contributed by atoms with Crippen molar-refractivity contribution in [3.05, 3.63) is 0 Å². The van der Waals surface area contributed by atoms with E-state index in [-0.39, 0.29) is 17.4 Å². The van der Waals surface area contributed by atoms with Crippen molar-refractivity contribution in [3.8, 4) is 0 Å². The van der Waals surface area contributed by atoms with Gasteiger partial charge in [0.2, 0.25) is 17.7 Å². The van der Waals surface area contributed by atoms with Gasteiger partial charge in [-0.05, 0) is 50.9 Å². The Morgan fingerprint density at radius 3 is 2.05 bits per heavy atom. The molecule has 0 aromatic rings. The Kier molecular flexibility index (Phi) is 7.87. The number of alkyl halides is 5. The minimum Gasteiger partial charge on any atom is -0.352 e. The predicted molar refractivity (Wildman–Crippen MR) is 122 cm³/mol. The van der Waals surface area contributed by atoms with Crippen molar-refractivity contribution in [2.75, 3.05) is 0 Å². The van der Waals surface area contributed by atoms with Crippen molar-refractivity contribution in [1.29, 1.82) is 0 Å². The highest BCUT2D eigenvalue weighted by atomic mass is 19.4. The Labute approximate surface area is 212 Å². The molecule has 8 nitrogen and oxygen atoms in total. The molecule has 37 heavy (non-hydrogen) atoms. The van der Waals surface area contributed by atoms with Crippen LogP contribution in [0.2, 0.25) is 0 Å². The van der Waals surface area contributed by atoms with Gasteiger partial charge in [0.05, 0.1) is 0 Å². The average Bonchev–Trinajstić information content (AvgIpc) is 3.63. The summed E-state index contributed by atoms with van der Waals surface area (Å²) in [5.74, 6) is -8.80. The summed E-state index contributed by atoms with van der Waals surface area (Å²) in [7, 11) is 0. The Hall–Kier alpha value is -2.47. The smallest absolute Gasteiger partial charge is 0.352 e. The normalized spacial score (nSPS) is 26.4. The molecule has 0 aromatic carbocycles. The monoisotopic (exact) mass is 538 g/mol. The van der Waals surface area contributed by atoms with Crippen LogP contribution in [0, 0.1) is 17.3 Å². The van der Waals surface area contributed by atoms with Crippen molar-refractivity contribution in [2.45, 2.75) is 108 Å². The zero-order chi connectivity index (χ0) is 28.0. The lowest BCUT2D eigenvalue weighted by molar-refractivity contribution is -0.175. The van der Waals surface area contributed by atoms with E-state index < -0.39 is 72.1 Å². The lowest BCUT2D eigenvalue weighted by Gasteiger charge is -2.33. The predicted octanol–water partition coefficient (Wildman–Crippen LogP) is 2.56. The highest BCUT2D eigenvalue weighted by Crippen LogP contribution is 2.51. The second kappa shape index (κ2) is 10.0. The van der Waals surface area contributed by atoms with E-state index in [0.717, 1.165) is 19.3 Å². The van der Waals surface area contributed by atoms with Crippen LogP contribution in [0.1, 0.15) is 72.6 Å². The summed E-state index contributed by atoms with van der Waals surface area (Å²) in [4.78, 5) is 49.9. The molecule has 5 atom stereocenters. The number of carbonyl (C=O) groups is 4. The molecule has 4 amide bonds. The van der Waals surface area contributed by atoms with Gasteiger partial charge in [-0.1, -0.05) is 20.8 Å². The molecule has 1 saturated heterocycles. The van der Waals surface area contributed by atoms with Crippen LogP contribution in [0.25, 0.3) is 0 Å². The van der Waals surface area contributed by atoms with Gasteiger partial charge in [0.15, 0.2) is 0 Å². The molecule has 5 unspecified atom stereocenters. The maximum absolute atomic E-state index is 13.6. The van der Waals surface area contributed by atoms with Crippen LogP contribution in [0.3, 0.4) is 0 Å². The van der Waals surface area contributed by atoms with E-state index in [1.807, 2.05) is 0 Å². The van der Waals surface area contributed by atoms with Crippen molar-refractivity contribution >= 4 is 23.6 Å². The fourth-order valence-electron chi connectivity index (χ4n) is 4.77. The van der Waals surface area contributed by atoms with E-state index in [4.69, 9.17) is 0 Å². The van der Waals surface area contributed by atoms with E-state index in [1.54, 1.807) is 12.2 Å². The number of carbonyl (C=O) groups excluding carboxylic acids is 4. The molecule has 1 spiro atoms. The third-order valence-electron chi connectivity index (χ3n) is 7.38. The molecule has 2 aliphatic carbocycles. The summed E-state index contributed by atoms with van der Waals surface area (Å²) >= 11 is 0. The maximum Gasteiger partial charge on any atom is 0.471 e. The number of nitrogens with one attached hydrogen (secondary N) is 4. The van der Waals surface area contributed by atoms with Crippen molar-refractivity contribution in [2.24, 2.45) is 17.3 Å². The van der Waals surface area contributed by atoms with E-state index >= 15 is 0 Å². The van der Waals surface area contributed by atoms with Crippen LogP contribution in [0.5, 0.6) is 0 Å². The van der Waals surface area contributed by atoms with Crippen LogP contribution in [0.4, 0.5) is 22.0 Å². The lowest BCUT2D eigenvalue weighted by Crippen LogP contribution is -2.60. The third-order valence-corrected chi connectivity index (χ3v) is 7.38. The summed E-state index contributed by atoms with van der Waals surface area (Å²) in [6.45, 7) is 5.90. The molecule has 0 radical (unpaired) electrons. The molecule has 3 rings (SSSR count). The fourth-order valence-corrected chi connectivity index (χ4v) is 4.77. The number of halogens is 5. The third kappa shape index (κ3) is 7.53. The maximum atomic E-state index is 13.6. The van der Waals surface area contributed by atoms with Gasteiger partial charge in [-0.3, -0.25) is 19.2 Å². The molecule has 3 fully saturated rings. The number of amides is 4. The summed E-state index contributed by atoms with van der Waals surface area (Å²) in [5.41, 5.74) is -1.27. The van der Waals surface area contributed by atoms with Gasteiger partial charge in [-0.15, -0.1) is 0 Å². The summed E-state index contributed by atoms with van der Waals surface area (Å²) in [6, 6.07) is -3.68. The second-order valence-corrected chi connectivity index (χ2v) is 11.9. The standard InChI is InChI=1S/C24H35F5N4O4/c1-12(9-13-5-6-22(7-8-22)33-17(13)34)30-18(35)15(10-14-11-23(14,25)26)31-19(36)16(21(2,3)4)32-20(37)24(27,28)29/h12-16H,5-11H2,1-4H3,(H,30,35)(H,31,36)(H,32,37)(H,33,34). The van der Waals surface area contributed by atoms with E-state index in [2.05, 4.69) is 16.0 Å². The molecule has 0 aromatic heterocycles. The second-order valence-electron chi connectivity index (χ2n) is 11.9. The van der Waals surface area contributed by atoms with Crippen molar-refractivity contribution in [3.63, 3.8) is 0 Å². The van der Waals surface area contributed by atoms with Gasteiger partial charge >= 0.3 is 12.1 Å². The molecule has 13 heteroatoms. The first kappa shape index (κ1) is 29.1. The highest BCUT2D eigenvalue weighted by molar-refractivity contribution is 5.93. The molecular weight excluding hydrogens is 503 g/mol. The zero-order valence-corrected chi connectivity index (χ0v) is 21.4. The molecule has 0 bridgehead atoms. The minimum atomic E-state index is -5.24. The number of hydrogen-bond acceptors (Lipinski definition) is 4. The van der Waals surface area contributed by atoms with Crippen molar-refractivity contribution < 1.29 is 41.1 Å². The van der Waals surface area contributed by atoms with Gasteiger partial charge < -0.3 is 21.3 Å². The molecule has 3 aliphatic rings. The Bertz CT molecular complexity index is 929. The van der Waals surface area contributed by atoms with Crippen LogP contribution in [0.15, 0.2) is 0 Å². The Balaban J connectivity index is 1.65. The first-order chi connectivity index (χ1) is 16.8. The summed E-state index contributed by atoms with van der Waals surface area (Å²) < 4.78 is 65.7. The largest absolute Gasteiger partial charge is 0.471 e. The Morgan fingerprint density at radius 2 is 1.59 bits per heavy atom. The SMILES string of the molecule is CC(CC1CCC2(CC2)NC1=O)NC(=O)C(CC1CC1(F)F)NC(=O)C(NC(=O)C(F)(F)F)C(C)(C)C. The molecule has 210 valence electrons. The van der Waals surface area contributed by atoms with Gasteiger partial charge in [-0.2, -0.15) is 13.2 Å². The number of hydrogen-bond donors (Lipinski definition) is 4. The molecule has 1 heterocycles. The summed E-state index contributed by atoms with van der Waals surface area (Å²) in [6.07, 6.45) is -2.43. The fraction of sp³-hybridized carbons (Fsp3) is 0.833. The first-order valence-electron chi connectivity index (χ1n) is 12.5. The average molecular weight is 539 g/mol. The zero-order valence-electron chi connectivity index (χ0n) is 21.4. The first-order valence-corrected chi connectivity index (χ1v) is 12.5. The topological polar surface area (TPSA) is 116 Å². The molecule has 2 saturated carbocycles. The van der Waals surface area contributed by atoms with Gasteiger partial charge in [0, 0.05) is 29.8 Å². The molecule has 4 N–H and O–H groups in total. The highest BCUT2D eigenvalue weighted by Gasteiger charge is 2.58. The Morgan fingerprint density at radius 1 is 1.00 bits per heavy atom. The minimum absolute atomic E-state index is 0.0872. The lowest BCUT2D eigenvalue weighted by atomic mass is 9.85. The number of rotatable bonds is 9. The van der Waals surface area contributed by atoms with E-state index in [0.29, 0.717) is 12.8 Å². The molecule has 1 aliphatic heterocycles.